The standard InChI is InChI=1S/C15H22N2O3/c1-11-4-6-12(7-5-11)9-16-14(18)10-17-8-2-3-13(17)15(19)20/h2-3,8,11-12H,4-7,9-10H2,1H3,(H,16,18)(H,19,20). The minimum Gasteiger partial charge on any atom is -0.477 e. The summed E-state index contributed by atoms with van der Waals surface area (Å²) in [6.07, 6.45) is 6.44. The first-order valence-corrected chi connectivity index (χ1v) is 7.21. The highest BCUT2D eigenvalue weighted by Crippen LogP contribution is 2.27. The summed E-state index contributed by atoms with van der Waals surface area (Å²) in [6, 6.07) is 3.14. The first kappa shape index (κ1) is 14.6. The fourth-order valence-corrected chi connectivity index (χ4v) is 2.75. The molecule has 110 valence electrons. The van der Waals surface area contributed by atoms with E-state index in [2.05, 4.69) is 12.2 Å². The number of amides is 1. The summed E-state index contributed by atoms with van der Waals surface area (Å²) in [6.45, 7) is 3.04. The zero-order valence-electron chi connectivity index (χ0n) is 11.8. The Kier molecular flexibility index (Phi) is 4.82. The first-order valence-electron chi connectivity index (χ1n) is 7.21. The van der Waals surface area contributed by atoms with Crippen LogP contribution < -0.4 is 5.32 Å². The Labute approximate surface area is 119 Å². The van der Waals surface area contributed by atoms with E-state index in [-0.39, 0.29) is 18.1 Å². The summed E-state index contributed by atoms with van der Waals surface area (Å²) in [5.41, 5.74) is 0.145. The summed E-state index contributed by atoms with van der Waals surface area (Å²) >= 11 is 0. The van der Waals surface area contributed by atoms with Gasteiger partial charge in [0.2, 0.25) is 5.91 Å². The molecule has 0 spiro atoms. The van der Waals surface area contributed by atoms with Gasteiger partial charge in [-0.15, -0.1) is 0 Å². The van der Waals surface area contributed by atoms with Gasteiger partial charge in [-0.2, -0.15) is 0 Å². The van der Waals surface area contributed by atoms with E-state index in [1.807, 2.05) is 0 Å². The molecule has 20 heavy (non-hydrogen) atoms. The largest absolute Gasteiger partial charge is 0.477 e. The van der Waals surface area contributed by atoms with Crippen LogP contribution in [-0.2, 0) is 11.3 Å². The fraction of sp³-hybridized carbons (Fsp3) is 0.600. The van der Waals surface area contributed by atoms with Crippen molar-refractivity contribution >= 4 is 11.9 Å². The number of carboxylic acid groups (broad SMARTS) is 1. The van der Waals surface area contributed by atoms with E-state index in [1.165, 1.54) is 36.3 Å². The highest BCUT2D eigenvalue weighted by Gasteiger charge is 2.19. The molecule has 0 aliphatic heterocycles. The molecule has 1 aliphatic rings. The third kappa shape index (κ3) is 3.85. The van der Waals surface area contributed by atoms with Crippen molar-refractivity contribution in [1.29, 1.82) is 0 Å². The van der Waals surface area contributed by atoms with Crippen molar-refractivity contribution in [3.05, 3.63) is 24.0 Å². The number of carbonyl (C=O) groups excluding carboxylic acids is 1. The predicted molar refractivity (Wildman–Crippen MR) is 75.5 cm³/mol. The second-order valence-corrected chi connectivity index (χ2v) is 5.76. The second kappa shape index (κ2) is 6.59. The Morgan fingerprint density at radius 1 is 1.35 bits per heavy atom. The minimum atomic E-state index is -1.01. The summed E-state index contributed by atoms with van der Waals surface area (Å²) in [5, 5.41) is 11.9. The smallest absolute Gasteiger partial charge is 0.352 e. The monoisotopic (exact) mass is 278 g/mol. The molecule has 0 aromatic carbocycles. The van der Waals surface area contributed by atoms with Crippen molar-refractivity contribution in [2.24, 2.45) is 11.8 Å². The lowest BCUT2D eigenvalue weighted by Gasteiger charge is -2.26. The van der Waals surface area contributed by atoms with Gasteiger partial charge in [0.25, 0.3) is 0 Å². The van der Waals surface area contributed by atoms with E-state index < -0.39 is 5.97 Å². The average molecular weight is 278 g/mol. The maximum absolute atomic E-state index is 11.9. The van der Waals surface area contributed by atoms with E-state index in [0.717, 1.165) is 5.92 Å². The lowest BCUT2D eigenvalue weighted by atomic mass is 9.83. The van der Waals surface area contributed by atoms with Crippen LogP contribution in [0, 0.1) is 11.8 Å². The van der Waals surface area contributed by atoms with Crippen LogP contribution in [0.15, 0.2) is 18.3 Å². The van der Waals surface area contributed by atoms with Crippen molar-refractivity contribution in [2.45, 2.75) is 39.2 Å². The highest BCUT2D eigenvalue weighted by atomic mass is 16.4. The number of carboxylic acids is 1. The zero-order chi connectivity index (χ0) is 14.5. The van der Waals surface area contributed by atoms with Gasteiger partial charge in [0, 0.05) is 12.7 Å². The third-order valence-corrected chi connectivity index (χ3v) is 4.09. The van der Waals surface area contributed by atoms with Crippen molar-refractivity contribution < 1.29 is 14.7 Å². The second-order valence-electron chi connectivity index (χ2n) is 5.76. The van der Waals surface area contributed by atoms with Crippen LogP contribution in [0.3, 0.4) is 0 Å². The first-order chi connectivity index (χ1) is 9.56. The maximum Gasteiger partial charge on any atom is 0.352 e. The van der Waals surface area contributed by atoms with Gasteiger partial charge in [0.1, 0.15) is 12.2 Å². The quantitative estimate of drug-likeness (QED) is 0.866. The van der Waals surface area contributed by atoms with Crippen LogP contribution in [0.4, 0.5) is 0 Å². The SMILES string of the molecule is CC1CCC(CNC(=O)Cn2cccc2C(=O)O)CC1. The Balaban J connectivity index is 1.78. The van der Waals surface area contributed by atoms with E-state index in [1.54, 1.807) is 12.3 Å². The van der Waals surface area contributed by atoms with Gasteiger partial charge in [-0.1, -0.05) is 19.8 Å². The van der Waals surface area contributed by atoms with Crippen LogP contribution in [0.1, 0.15) is 43.1 Å². The lowest BCUT2D eigenvalue weighted by Crippen LogP contribution is -2.33. The molecule has 1 aliphatic carbocycles. The molecule has 1 fully saturated rings. The minimum absolute atomic E-state index is 0.0672. The Bertz CT molecular complexity index is 473. The van der Waals surface area contributed by atoms with Crippen LogP contribution in [-0.4, -0.2) is 28.1 Å². The van der Waals surface area contributed by atoms with Gasteiger partial charge in [0.15, 0.2) is 0 Å². The summed E-state index contributed by atoms with van der Waals surface area (Å²) in [7, 11) is 0. The van der Waals surface area contributed by atoms with Crippen molar-refractivity contribution in [2.75, 3.05) is 6.54 Å². The van der Waals surface area contributed by atoms with Crippen molar-refractivity contribution in [3.8, 4) is 0 Å². The molecule has 0 saturated heterocycles. The number of rotatable bonds is 5. The molecule has 0 unspecified atom stereocenters. The molecule has 0 bridgehead atoms. The lowest BCUT2D eigenvalue weighted by molar-refractivity contribution is -0.121. The summed E-state index contributed by atoms with van der Waals surface area (Å²) < 4.78 is 1.46. The maximum atomic E-state index is 11.9. The number of nitrogens with zero attached hydrogens (tertiary/aromatic N) is 1. The summed E-state index contributed by atoms with van der Waals surface area (Å²) in [5.74, 6) is 0.241. The van der Waals surface area contributed by atoms with Gasteiger partial charge < -0.3 is 15.0 Å². The van der Waals surface area contributed by atoms with Gasteiger partial charge in [0.05, 0.1) is 0 Å². The molecule has 2 N–H and O–H groups in total. The molecule has 1 heterocycles. The summed E-state index contributed by atoms with van der Waals surface area (Å²) in [4.78, 5) is 22.8. The molecule has 0 radical (unpaired) electrons. The van der Waals surface area contributed by atoms with E-state index >= 15 is 0 Å². The Morgan fingerprint density at radius 2 is 2.05 bits per heavy atom. The number of hydrogen-bond donors (Lipinski definition) is 2. The molecular weight excluding hydrogens is 256 g/mol. The number of nitrogens with one attached hydrogen (secondary N) is 1. The van der Waals surface area contributed by atoms with Gasteiger partial charge in [-0.25, -0.2) is 4.79 Å². The normalized spacial score (nSPS) is 22.4. The zero-order valence-corrected chi connectivity index (χ0v) is 11.8. The number of aromatic carboxylic acids is 1. The Hall–Kier alpha value is -1.78. The molecule has 1 aromatic heterocycles. The van der Waals surface area contributed by atoms with Crippen LogP contribution in [0.5, 0.6) is 0 Å². The molecule has 0 atom stereocenters. The van der Waals surface area contributed by atoms with Crippen LogP contribution in [0.2, 0.25) is 0 Å². The Morgan fingerprint density at radius 3 is 2.70 bits per heavy atom. The third-order valence-electron chi connectivity index (χ3n) is 4.09. The number of aromatic nitrogens is 1. The molecular formula is C15H22N2O3. The van der Waals surface area contributed by atoms with Crippen LogP contribution in [0.25, 0.3) is 0 Å². The highest BCUT2D eigenvalue weighted by molar-refractivity contribution is 5.86. The topological polar surface area (TPSA) is 71.3 Å². The molecule has 1 saturated carbocycles. The van der Waals surface area contributed by atoms with Gasteiger partial charge >= 0.3 is 5.97 Å². The van der Waals surface area contributed by atoms with Crippen molar-refractivity contribution in [3.63, 3.8) is 0 Å². The predicted octanol–water partition coefficient (Wildman–Crippen LogP) is 2.13. The van der Waals surface area contributed by atoms with Crippen LogP contribution >= 0.6 is 0 Å². The van der Waals surface area contributed by atoms with E-state index in [0.29, 0.717) is 12.5 Å². The van der Waals surface area contributed by atoms with E-state index in [4.69, 9.17) is 5.11 Å². The van der Waals surface area contributed by atoms with Crippen molar-refractivity contribution in [1.82, 2.24) is 9.88 Å². The average Bonchev–Trinajstić information content (AvgIpc) is 2.86. The van der Waals surface area contributed by atoms with Gasteiger partial charge in [-0.05, 0) is 36.8 Å². The van der Waals surface area contributed by atoms with Gasteiger partial charge in [-0.3, -0.25) is 4.79 Å². The molecule has 2 rings (SSSR count). The fourth-order valence-electron chi connectivity index (χ4n) is 2.75. The van der Waals surface area contributed by atoms with E-state index in [9.17, 15) is 9.59 Å². The molecule has 5 nitrogen and oxygen atoms in total. The molecule has 1 amide bonds. The number of carbonyl (C=O) groups is 2. The molecule has 5 heteroatoms. The number of hydrogen-bond acceptors (Lipinski definition) is 2. The molecule has 1 aromatic rings.